The first-order valence-corrected chi connectivity index (χ1v) is 9.43. The molecule has 1 aliphatic rings. The number of likely N-dealkylation sites (tertiary alicyclic amines) is 1. The molecule has 3 rings (SSSR count). The van der Waals surface area contributed by atoms with E-state index in [2.05, 4.69) is 29.2 Å². The molecule has 1 aliphatic heterocycles. The first-order chi connectivity index (χ1) is 12.6. The summed E-state index contributed by atoms with van der Waals surface area (Å²) in [6.45, 7) is 3.10. The third-order valence-corrected chi connectivity index (χ3v) is 5.22. The molecule has 0 bridgehead atoms. The van der Waals surface area contributed by atoms with E-state index in [1.54, 1.807) is 24.3 Å². The molecule has 4 nitrogen and oxygen atoms in total. The molecule has 1 unspecified atom stereocenters. The summed E-state index contributed by atoms with van der Waals surface area (Å²) in [6, 6.07) is 17.4. The lowest BCUT2D eigenvalue weighted by Gasteiger charge is -2.32. The molecule has 4 heteroatoms. The molecule has 3 N–H and O–H groups in total. The predicted molar refractivity (Wildman–Crippen MR) is 105 cm³/mol. The molecule has 0 radical (unpaired) electrons. The number of rotatable bonds is 7. The predicted octanol–water partition coefficient (Wildman–Crippen LogP) is 3.50. The molecule has 2 aromatic rings. The monoisotopic (exact) mass is 352 g/mol. The smallest absolute Gasteiger partial charge is 0.165 e. The molecule has 26 heavy (non-hydrogen) atoms. The third-order valence-electron chi connectivity index (χ3n) is 5.22. The van der Waals surface area contributed by atoms with E-state index in [1.165, 1.54) is 5.56 Å². The van der Waals surface area contributed by atoms with Gasteiger partial charge in [0.1, 0.15) is 0 Å². The van der Waals surface area contributed by atoms with Gasteiger partial charge < -0.3 is 10.8 Å². The first-order valence-electron chi connectivity index (χ1n) is 9.43. The summed E-state index contributed by atoms with van der Waals surface area (Å²) in [4.78, 5) is 14.7. The molecule has 1 fully saturated rings. The fourth-order valence-corrected chi connectivity index (χ4v) is 3.69. The summed E-state index contributed by atoms with van der Waals surface area (Å²) in [5.41, 5.74) is 8.26. The van der Waals surface area contributed by atoms with Crippen LogP contribution in [0.15, 0.2) is 54.6 Å². The van der Waals surface area contributed by atoms with E-state index in [-0.39, 0.29) is 12.2 Å². The van der Waals surface area contributed by atoms with Crippen molar-refractivity contribution in [3.63, 3.8) is 0 Å². The van der Waals surface area contributed by atoms with Gasteiger partial charge in [0.15, 0.2) is 5.78 Å². The van der Waals surface area contributed by atoms with E-state index >= 15 is 0 Å². The van der Waals surface area contributed by atoms with Crippen LogP contribution in [-0.2, 0) is 6.54 Å². The van der Waals surface area contributed by atoms with E-state index in [1.807, 2.05) is 6.07 Å². The Morgan fingerprint density at radius 1 is 1.08 bits per heavy atom. The summed E-state index contributed by atoms with van der Waals surface area (Å²) >= 11 is 0. The summed E-state index contributed by atoms with van der Waals surface area (Å²) in [5.74, 6) is 0.482. The van der Waals surface area contributed by atoms with Gasteiger partial charge in [-0.15, -0.1) is 0 Å². The minimum absolute atomic E-state index is 0.0148. The number of anilines is 1. The number of nitrogen functional groups attached to an aromatic ring is 1. The molecule has 1 heterocycles. The van der Waals surface area contributed by atoms with Crippen molar-refractivity contribution in [1.29, 1.82) is 0 Å². The zero-order chi connectivity index (χ0) is 18.4. The fourth-order valence-electron chi connectivity index (χ4n) is 3.69. The van der Waals surface area contributed by atoms with Crippen LogP contribution in [0.5, 0.6) is 0 Å². The number of carbonyl (C=O) groups is 1. The molecule has 138 valence electrons. The van der Waals surface area contributed by atoms with E-state index in [0.29, 0.717) is 23.6 Å². The number of ketones is 1. The number of nitrogens with zero attached hydrogens (tertiary/aromatic N) is 1. The van der Waals surface area contributed by atoms with Crippen molar-refractivity contribution < 1.29 is 9.90 Å². The van der Waals surface area contributed by atoms with Gasteiger partial charge >= 0.3 is 0 Å². The van der Waals surface area contributed by atoms with Crippen LogP contribution in [0.3, 0.4) is 0 Å². The van der Waals surface area contributed by atoms with E-state index in [9.17, 15) is 9.90 Å². The number of hydrogen-bond donors (Lipinski definition) is 2. The Hall–Kier alpha value is -2.17. The average molecular weight is 352 g/mol. The number of aliphatic hydroxyl groups is 1. The minimum Gasteiger partial charge on any atom is -0.399 e. The quantitative estimate of drug-likeness (QED) is 0.591. The second-order valence-electron chi connectivity index (χ2n) is 7.34. The number of piperidine rings is 1. The zero-order valence-corrected chi connectivity index (χ0v) is 15.2. The van der Waals surface area contributed by atoms with Gasteiger partial charge in [0.05, 0.1) is 6.10 Å². The molecule has 2 aromatic carbocycles. The lowest BCUT2D eigenvalue weighted by molar-refractivity contribution is 0.0772. The Morgan fingerprint density at radius 2 is 1.73 bits per heavy atom. The normalized spacial score (nSPS) is 17.1. The van der Waals surface area contributed by atoms with Crippen LogP contribution in [-0.4, -0.2) is 35.0 Å². The van der Waals surface area contributed by atoms with Crippen LogP contribution in [0.25, 0.3) is 0 Å². The SMILES string of the molecule is Nc1ccc(C(=O)CC(O)CC2CCN(Cc3ccccc3)CC2)cc1. The topological polar surface area (TPSA) is 66.6 Å². The van der Waals surface area contributed by atoms with Crippen molar-refractivity contribution >= 4 is 11.5 Å². The molecule has 1 saturated heterocycles. The van der Waals surface area contributed by atoms with E-state index < -0.39 is 6.10 Å². The van der Waals surface area contributed by atoms with Crippen LogP contribution < -0.4 is 5.73 Å². The van der Waals surface area contributed by atoms with Gasteiger partial charge in [-0.2, -0.15) is 0 Å². The van der Waals surface area contributed by atoms with Gasteiger partial charge in [0.2, 0.25) is 0 Å². The standard InChI is InChI=1S/C22H28N2O2/c23-20-8-6-19(7-9-20)22(26)15-21(25)14-17-10-12-24(13-11-17)16-18-4-2-1-3-5-18/h1-9,17,21,25H,10-16,23H2. The number of Topliss-reactive ketones (excluding diaryl/α,β-unsaturated/α-hetero) is 1. The van der Waals surface area contributed by atoms with Gasteiger partial charge in [0.25, 0.3) is 0 Å². The number of hydrogen-bond acceptors (Lipinski definition) is 4. The molecule has 1 atom stereocenters. The van der Waals surface area contributed by atoms with Crippen molar-refractivity contribution in [2.24, 2.45) is 5.92 Å². The van der Waals surface area contributed by atoms with Crippen molar-refractivity contribution in [3.8, 4) is 0 Å². The van der Waals surface area contributed by atoms with Crippen molar-refractivity contribution in [1.82, 2.24) is 4.90 Å². The van der Waals surface area contributed by atoms with Crippen molar-refractivity contribution in [2.75, 3.05) is 18.8 Å². The lowest BCUT2D eigenvalue weighted by atomic mass is 9.89. The van der Waals surface area contributed by atoms with Gasteiger partial charge in [-0.3, -0.25) is 9.69 Å². The van der Waals surface area contributed by atoms with Crippen LogP contribution in [0.1, 0.15) is 41.6 Å². The Balaban J connectivity index is 1.41. The summed E-state index contributed by atoms with van der Waals surface area (Å²) in [5, 5.41) is 10.3. The maximum atomic E-state index is 12.3. The van der Waals surface area contributed by atoms with Gasteiger partial charge in [0, 0.05) is 24.2 Å². The molecule has 0 spiro atoms. The molecule has 0 aromatic heterocycles. The highest BCUT2D eigenvalue weighted by Gasteiger charge is 2.23. The van der Waals surface area contributed by atoms with Gasteiger partial charge in [-0.25, -0.2) is 0 Å². The van der Waals surface area contributed by atoms with E-state index in [4.69, 9.17) is 5.73 Å². The second kappa shape index (κ2) is 8.97. The first kappa shape index (κ1) is 18.6. The number of aliphatic hydroxyl groups excluding tert-OH is 1. The fraction of sp³-hybridized carbons (Fsp3) is 0.409. The Labute approximate surface area is 155 Å². The van der Waals surface area contributed by atoms with E-state index in [0.717, 1.165) is 32.5 Å². The minimum atomic E-state index is -0.564. The van der Waals surface area contributed by atoms with Crippen LogP contribution in [0.4, 0.5) is 5.69 Å². The average Bonchev–Trinajstić information content (AvgIpc) is 2.64. The Bertz CT molecular complexity index is 692. The molecular weight excluding hydrogens is 324 g/mol. The van der Waals surface area contributed by atoms with Gasteiger partial charge in [-0.05, 0) is 68.1 Å². The second-order valence-corrected chi connectivity index (χ2v) is 7.34. The number of benzene rings is 2. The Kier molecular flexibility index (Phi) is 6.42. The van der Waals surface area contributed by atoms with Crippen LogP contribution in [0, 0.1) is 5.92 Å². The van der Waals surface area contributed by atoms with Crippen LogP contribution in [0.2, 0.25) is 0 Å². The van der Waals surface area contributed by atoms with Crippen molar-refractivity contribution in [3.05, 3.63) is 65.7 Å². The number of carbonyl (C=O) groups excluding carboxylic acids is 1. The summed E-state index contributed by atoms with van der Waals surface area (Å²) < 4.78 is 0. The highest BCUT2D eigenvalue weighted by molar-refractivity contribution is 5.96. The van der Waals surface area contributed by atoms with Crippen LogP contribution >= 0.6 is 0 Å². The maximum absolute atomic E-state index is 12.3. The van der Waals surface area contributed by atoms with Crippen molar-refractivity contribution in [2.45, 2.75) is 38.3 Å². The lowest BCUT2D eigenvalue weighted by Crippen LogP contribution is -2.34. The highest BCUT2D eigenvalue weighted by atomic mass is 16.3. The Morgan fingerprint density at radius 3 is 2.38 bits per heavy atom. The largest absolute Gasteiger partial charge is 0.399 e. The molecule has 0 aliphatic carbocycles. The third kappa shape index (κ3) is 5.41. The maximum Gasteiger partial charge on any atom is 0.165 e. The zero-order valence-electron chi connectivity index (χ0n) is 15.2. The summed E-state index contributed by atoms with van der Waals surface area (Å²) in [6.07, 6.45) is 2.50. The highest BCUT2D eigenvalue weighted by Crippen LogP contribution is 2.24. The molecular formula is C22H28N2O2. The summed E-state index contributed by atoms with van der Waals surface area (Å²) in [7, 11) is 0. The number of nitrogens with two attached hydrogens (primary N) is 1. The van der Waals surface area contributed by atoms with Gasteiger partial charge in [-0.1, -0.05) is 30.3 Å². The molecule has 0 amide bonds. The molecule has 0 saturated carbocycles.